The first-order valence-corrected chi connectivity index (χ1v) is 7.31. The van der Waals surface area contributed by atoms with Gasteiger partial charge in [0.2, 0.25) is 10.0 Å². The maximum absolute atomic E-state index is 12.0. The average Bonchev–Trinajstić information content (AvgIpc) is 2.91. The summed E-state index contributed by atoms with van der Waals surface area (Å²) in [4.78, 5) is 4.17. The molecule has 2 aromatic heterocycles. The zero-order valence-electron chi connectivity index (χ0n) is 10.5. The van der Waals surface area contributed by atoms with E-state index in [9.17, 15) is 8.42 Å². The molecule has 2 rings (SSSR count). The Morgan fingerprint density at radius 3 is 2.74 bits per heavy atom. The molecule has 0 saturated carbocycles. The highest BCUT2D eigenvalue weighted by Crippen LogP contribution is 2.11. The molecule has 6 nitrogen and oxygen atoms in total. The van der Waals surface area contributed by atoms with E-state index in [1.165, 1.54) is 24.8 Å². The van der Waals surface area contributed by atoms with Gasteiger partial charge in [-0.15, -0.1) is 0 Å². The lowest BCUT2D eigenvalue weighted by Gasteiger charge is -2.06. The topological polar surface area (TPSA) is 84.2 Å². The van der Waals surface area contributed by atoms with Gasteiger partial charge in [-0.3, -0.25) is 0 Å². The van der Waals surface area contributed by atoms with Crippen molar-refractivity contribution in [3.05, 3.63) is 42.5 Å². The summed E-state index contributed by atoms with van der Waals surface area (Å²) in [5.74, 6) is 0.649. The molecular formula is C12H15N3O3S. The van der Waals surface area contributed by atoms with Gasteiger partial charge in [0.1, 0.15) is 10.7 Å². The second kappa shape index (κ2) is 5.85. The third kappa shape index (κ3) is 3.55. The van der Waals surface area contributed by atoms with Gasteiger partial charge < -0.3 is 9.73 Å². The Morgan fingerprint density at radius 2 is 2.16 bits per heavy atom. The number of rotatable bonds is 6. The van der Waals surface area contributed by atoms with Crippen LogP contribution in [0.3, 0.4) is 0 Å². The van der Waals surface area contributed by atoms with Crippen molar-refractivity contribution in [1.82, 2.24) is 9.71 Å². The molecule has 0 aliphatic carbocycles. The second-order valence-electron chi connectivity index (χ2n) is 3.87. The van der Waals surface area contributed by atoms with Crippen LogP contribution < -0.4 is 10.0 Å². The molecule has 0 aromatic carbocycles. The molecule has 7 heteroatoms. The van der Waals surface area contributed by atoms with E-state index in [0.717, 1.165) is 12.1 Å². The molecule has 19 heavy (non-hydrogen) atoms. The summed E-state index contributed by atoms with van der Waals surface area (Å²) in [6.07, 6.45) is 4.32. The lowest BCUT2D eigenvalue weighted by molar-refractivity contribution is 0.561. The first-order chi connectivity index (χ1) is 9.12. The number of furan rings is 1. The van der Waals surface area contributed by atoms with Gasteiger partial charge in [0, 0.05) is 24.8 Å². The fourth-order valence-corrected chi connectivity index (χ4v) is 2.44. The molecule has 0 aliphatic rings. The molecular weight excluding hydrogens is 266 g/mol. The van der Waals surface area contributed by atoms with Crippen molar-refractivity contribution < 1.29 is 12.8 Å². The zero-order chi connectivity index (χ0) is 13.7. The first kappa shape index (κ1) is 13.6. The zero-order valence-corrected chi connectivity index (χ0v) is 11.3. The summed E-state index contributed by atoms with van der Waals surface area (Å²) in [5, 5.41) is 3.00. The second-order valence-corrected chi connectivity index (χ2v) is 5.63. The Kier molecular flexibility index (Phi) is 4.18. The van der Waals surface area contributed by atoms with E-state index < -0.39 is 10.0 Å². The Hall–Kier alpha value is -1.86. The normalized spacial score (nSPS) is 11.4. The highest BCUT2D eigenvalue weighted by molar-refractivity contribution is 7.89. The molecule has 0 aliphatic heterocycles. The van der Waals surface area contributed by atoms with Crippen molar-refractivity contribution in [2.24, 2.45) is 0 Å². The molecule has 0 bridgehead atoms. The van der Waals surface area contributed by atoms with Crippen LogP contribution in [0.1, 0.15) is 12.5 Å². The van der Waals surface area contributed by atoms with E-state index in [1.54, 1.807) is 12.1 Å². The van der Waals surface area contributed by atoms with Gasteiger partial charge in [0.25, 0.3) is 0 Å². The van der Waals surface area contributed by atoms with Crippen molar-refractivity contribution in [2.45, 2.75) is 18.4 Å². The molecule has 102 valence electrons. The minimum absolute atomic E-state index is 0.137. The minimum atomic E-state index is -3.55. The number of anilines is 1. The van der Waals surface area contributed by atoms with Crippen molar-refractivity contribution in [3.63, 3.8) is 0 Å². The molecule has 0 atom stereocenters. The summed E-state index contributed by atoms with van der Waals surface area (Å²) in [6, 6.07) is 4.85. The Balaban J connectivity index is 2.06. The van der Waals surface area contributed by atoms with Crippen LogP contribution in [0.2, 0.25) is 0 Å². The van der Waals surface area contributed by atoms with Gasteiger partial charge in [0.15, 0.2) is 0 Å². The molecule has 0 amide bonds. The Morgan fingerprint density at radius 1 is 1.32 bits per heavy atom. The number of sulfonamides is 1. The van der Waals surface area contributed by atoms with E-state index in [1.807, 2.05) is 6.92 Å². The van der Waals surface area contributed by atoms with E-state index in [4.69, 9.17) is 4.42 Å². The van der Waals surface area contributed by atoms with E-state index in [-0.39, 0.29) is 11.4 Å². The maximum atomic E-state index is 12.0. The number of pyridine rings is 1. The molecule has 0 fully saturated rings. The molecule has 2 N–H and O–H groups in total. The van der Waals surface area contributed by atoms with Crippen LogP contribution in [0.25, 0.3) is 0 Å². The third-order valence-electron chi connectivity index (χ3n) is 2.45. The van der Waals surface area contributed by atoms with Gasteiger partial charge >= 0.3 is 0 Å². The average molecular weight is 281 g/mol. The summed E-state index contributed by atoms with van der Waals surface area (Å²) >= 11 is 0. The predicted molar refractivity (Wildman–Crippen MR) is 71.1 cm³/mol. The van der Waals surface area contributed by atoms with Gasteiger partial charge in [0.05, 0.1) is 12.5 Å². The Labute approximate surface area is 111 Å². The summed E-state index contributed by atoms with van der Waals surface area (Å²) < 4.78 is 31.3. The van der Waals surface area contributed by atoms with E-state index >= 15 is 0 Å². The standard InChI is InChI=1S/C12H15N3O3S/c1-2-13-12-4-3-11(8-14-12)19(16,17)15-7-10-5-6-18-9-10/h3-6,8-9,15H,2,7H2,1H3,(H,13,14). The molecule has 0 spiro atoms. The van der Waals surface area contributed by atoms with Crippen LogP contribution in [-0.2, 0) is 16.6 Å². The van der Waals surface area contributed by atoms with Crippen molar-refractivity contribution in [1.29, 1.82) is 0 Å². The van der Waals surface area contributed by atoms with Gasteiger partial charge in [-0.2, -0.15) is 0 Å². The number of nitrogens with zero attached hydrogens (tertiary/aromatic N) is 1. The number of aromatic nitrogens is 1. The van der Waals surface area contributed by atoms with E-state index in [2.05, 4.69) is 15.0 Å². The minimum Gasteiger partial charge on any atom is -0.472 e. The van der Waals surface area contributed by atoms with Gasteiger partial charge in [-0.25, -0.2) is 18.1 Å². The predicted octanol–water partition coefficient (Wildman–Crippen LogP) is 1.58. The first-order valence-electron chi connectivity index (χ1n) is 5.82. The summed E-state index contributed by atoms with van der Waals surface area (Å²) in [6.45, 7) is 2.87. The van der Waals surface area contributed by atoms with Crippen LogP contribution in [0.4, 0.5) is 5.82 Å². The van der Waals surface area contributed by atoms with E-state index in [0.29, 0.717) is 5.82 Å². The van der Waals surface area contributed by atoms with Crippen molar-refractivity contribution >= 4 is 15.8 Å². The lowest BCUT2D eigenvalue weighted by Crippen LogP contribution is -2.23. The molecule has 2 aromatic rings. The highest BCUT2D eigenvalue weighted by atomic mass is 32.2. The smallest absolute Gasteiger partial charge is 0.242 e. The molecule has 0 radical (unpaired) electrons. The molecule has 0 unspecified atom stereocenters. The Bertz CT molecular complexity index is 606. The van der Waals surface area contributed by atoms with Gasteiger partial charge in [-0.05, 0) is 25.1 Å². The lowest BCUT2D eigenvalue weighted by atomic mass is 10.4. The number of nitrogens with one attached hydrogen (secondary N) is 2. The fraction of sp³-hybridized carbons (Fsp3) is 0.250. The van der Waals surface area contributed by atoms with Crippen molar-refractivity contribution in [2.75, 3.05) is 11.9 Å². The van der Waals surface area contributed by atoms with Crippen LogP contribution in [-0.4, -0.2) is 19.9 Å². The van der Waals surface area contributed by atoms with Crippen LogP contribution in [0.15, 0.2) is 46.2 Å². The van der Waals surface area contributed by atoms with Crippen LogP contribution in [0, 0.1) is 0 Å². The highest BCUT2D eigenvalue weighted by Gasteiger charge is 2.14. The molecule has 2 heterocycles. The third-order valence-corrected chi connectivity index (χ3v) is 3.84. The van der Waals surface area contributed by atoms with Crippen LogP contribution in [0.5, 0.6) is 0 Å². The number of hydrogen-bond acceptors (Lipinski definition) is 5. The monoisotopic (exact) mass is 281 g/mol. The maximum Gasteiger partial charge on any atom is 0.242 e. The van der Waals surface area contributed by atoms with Gasteiger partial charge in [-0.1, -0.05) is 0 Å². The summed E-state index contributed by atoms with van der Waals surface area (Å²) in [7, 11) is -3.55. The van der Waals surface area contributed by atoms with Crippen molar-refractivity contribution in [3.8, 4) is 0 Å². The molecule has 0 saturated heterocycles. The largest absolute Gasteiger partial charge is 0.472 e. The summed E-state index contributed by atoms with van der Waals surface area (Å²) in [5.41, 5.74) is 0.765. The number of hydrogen-bond donors (Lipinski definition) is 2. The van der Waals surface area contributed by atoms with Crippen LogP contribution >= 0.6 is 0 Å². The quantitative estimate of drug-likeness (QED) is 0.840. The SMILES string of the molecule is CCNc1ccc(S(=O)(=O)NCc2ccoc2)cn1. The fourth-order valence-electron chi connectivity index (χ4n) is 1.48.